The molecule has 2 fully saturated rings. The summed E-state index contributed by atoms with van der Waals surface area (Å²) in [6.45, 7) is 1.90. The first-order valence-corrected chi connectivity index (χ1v) is 7.85. The van der Waals surface area contributed by atoms with Gasteiger partial charge >= 0.3 is 5.97 Å². The second kappa shape index (κ2) is 7.25. The molecule has 0 amide bonds. The number of carbonyl (C=O) groups is 1. The summed E-state index contributed by atoms with van der Waals surface area (Å²) >= 11 is 0. The molecule has 0 aromatic carbocycles. The molecule has 2 aliphatic carbocycles. The molecule has 0 aromatic heterocycles. The van der Waals surface area contributed by atoms with Gasteiger partial charge in [-0.05, 0) is 58.2 Å². The molecule has 2 rings (SSSR count). The summed E-state index contributed by atoms with van der Waals surface area (Å²) in [7, 11) is 2.21. The lowest BCUT2D eigenvalue weighted by Gasteiger charge is -2.31. The summed E-state index contributed by atoms with van der Waals surface area (Å²) < 4.78 is 0. The number of aliphatic carboxylic acids is 1. The van der Waals surface area contributed by atoms with E-state index < -0.39 is 5.97 Å². The molecule has 2 aliphatic rings. The zero-order valence-corrected chi connectivity index (χ0v) is 12.1. The van der Waals surface area contributed by atoms with E-state index in [2.05, 4.69) is 17.3 Å². The van der Waals surface area contributed by atoms with Gasteiger partial charge in [-0.15, -0.1) is 0 Å². The molecule has 0 bridgehead atoms. The van der Waals surface area contributed by atoms with Gasteiger partial charge in [0.05, 0.1) is 0 Å². The summed E-state index contributed by atoms with van der Waals surface area (Å²) in [6.07, 6.45) is 10.0. The highest BCUT2D eigenvalue weighted by Crippen LogP contribution is 2.32. The highest BCUT2D eigenvalue weighted by atomic mass is 16.4. The molecule has 0 aromatic rings. The normalized spacial score (nSPS) is 22.6. The molecule has 1 unspecified atom stereocenters. The van der Waals surface area contributed by atoms with Gasteiger partial charge in [0.15, 0.2) is 0 Å². The van der Waals surface area contributed by atoms with E-state index in [4.69, 9.17) is 5.11 Å². The Morgan fingerprint density at radius 1 is 1.26 bits per heavy atom. The van der Waals surface area contributed by atoms with Crippen LogP contribution >= 0.6 is 0 Å². The van der Waals surface area contributed by atoms with Gasteiger partial charge < -0.3 is 15.3 Å². The zero-order chi connectivity index (χ0) is 13.7. The minimum atomic E-state index is -0.678. The molecule has 2 saturated carbocycles. The molecule has 0 radical (unpaired) electrons. The van der Waals surface area contributed by atoms with Gasteiger partial charge in [0.2, 0.25) is 0 Å². The standard InChI is InChI=1S/C15H28N2O2/c1-17(13-6-3-2-4-7-13)11-5-10-16-14(15(18)19)12-8-9-12/h12-14,16H,2-11H2,1H3,(H,18,19). The molecule has 4 nitrogen and oxygen atoms in total. The Morgan fingerprint density at radius 3 is 2.53 bits per heavy atom. The third-order valence-corrected chi connectivity index (χ3v) is 4.61. The molecule has 1 atom stereocenters. The van der Waals surface area contributed by atoms with E-state index in [1.165, 1.54) is 32.1 Å². The first-order chi connectivity index (χ1) is 9.18. The van der Waals surface area contributed by atoms with E-state index in [0.29, 0.717) is 5.92 Å². The fourth-order valence-electron chi connectivity index (χ4n) is 3.18. The molecule has 4 heteroatoms. The van der Waals surface area contributed by atoms with E-state index in [0.717, 1.165) is 38.4 Å². The second-order valence-corrected chi connectivity index (χ2v) is 6.23. The van der Waals surface area contributed by atoms with Crippen molar-refractivity contribution in [2.45, 2.75) is 63.5 Å². The van der Waals surface area contributed by atoms with Crippen LogP contribution < -0.4 is 5.32 Å². The number of nitrogens with zero attached hydrogens (tertiary/aromatic N) is 1. The number of carboxylic acids is 1. The fraction of sp³-hybridized carbons (Fsp3) is 0.933. The lowest BCUT2D eigenvalue weighted by atomic mass is 9.94. The monoisotopic (exact) mass is 268 g/mol. The predicted molar refractivity (Wildman–Crippen MR) is 76.3 cm³/mol. The lowest BCUT2D eigenvalue weighted by Crippen LogP contribution is -2.40. The molecular formula is C15H28N2O2. The van der Waals surface area contributed by atoms with Crippen molar-refractivity contribution in [2.75, 3.05) is 20.1 Å². The molecule has 19 heavy (non-hydrogen) atoms. The van der Waals surface area contributed by atoms with Gasteiger partial charge in [0, 0.05) is 6.04 Å². The first-order valence-electron chi connectivity index (χ1n) is 7.85. The molecule has 0 saturated heterocycles. The molecule has 0 spiro atoms. The van der Waals surface area contributed by atoms with Crippen LogP contribution in [0.5, 0.6) is 0 Å². The third-order valence-electron chi connectivity index (χ3n) is 4.61. The second-order valence-electron chi connectivity index (χ2n) is 6.23. The Hall–Kier alpha value is -0.610. The van der Waals surface area contributed by atoms with Crippen LogP contribution in [0.15, 0.2) is 0 Å². The Kier molecular flexibility index (Phi) is 5.64. The minimum Gasteiger partial charge on any atom is -0.480 e. The van der Waals surface area contributed by atoms with Crippen molar-refractivity contribution in [3.8, 4) is 0 Å². The fourth-order valence-corrected chi connectivity index (χ4v) is 3.18. The Balaban J connectivity index is 1.58. The quantitative estimate of drug-likeness (QED) is 0.662. The Labute approximate surface area is 116 Å². The van der Waals surface area contributed by atoms with Crippen molar-refractivity contribution in [1.29, 1.82) is 0 Å². The van der Waals surface area contributed by atoms with Crippen LogP contribution in [0.1, 0.15) is 51.4 Å². The number of hydrogen-bond acceptors (Lipinski definition) is 3. The smallest absolute Gasteiger partial charge is 0.320 e. The van der Waals surface area contributed by atoms with Gasteiger partial charge in [0.25, 0.3) is 0 Å². The van der Waals surface area contributed by atoms with Crippen LogP contribution in [0.25, 0.3) is 0 Å². The van der Waals surface area contributed by atoms with Gasteiger partial charge in [-0.25, -0.2) is 0 Å². The van der Waals surface area contributed by atoms with Crippen molar-refractivity contribution in [1.82, 2.24) is 10.2 Å². The highest BCUT2D eigenvalue weighted by molar-refractivity contribution is 5.74. The highest BCUT2D eigenvalue weighted by Gasteiger charge is 2.35. The molecule has 0 heterocycles. The van der Waals surface area contributed by atoms with Crippen LogP contribution in [0.3, 0.4) is 0 Å². The average Bonchev–Trinajstić information content (AvgIpc) is 3.23. The molecule has 110 valence electrons. The van der Waals surface area contributed by atoms with Crippen LogP contribution in [0.4, 0.5) is 0 Å². The van der Waals surface area contributed by atoms with Crippen LogP contribution in [0, 0.1) is 5.92 Å². The van der Waals surface area contributed by atoms with E-state index >= 15 is 0 Å². The third kappa shape index (κ3) is 4.77. The van der Waals surface area contributed by atoms with Crippen molar-refractivity contribution in [2.24, 2.45) is 5.92 Å². The number of carboxylic acid groups (broad SMARTS) is 1. The van der Waals surface area contributed by atoms with Gasteiger partial charge in [-0.3, -0.25) is 4.79 Å². The van der Waals surface area contributed by atoms with E-state index in [9.17, 15) is 4.79 Å². The summed E-state index contributed by atoms with van der Waals surface area (Å²) in [5.41, 5.74) is 0. The van der Waals surface area contributed by atoms with E-state index in [1.54, 1.807) is 0 Å². The van der Waals surface area contributed by atoms with Crippen LogP contribution in [0.2, 0.25) is 0 Å². The number of rotatable bonds is 8. The summed E-state index contributed by atoms with van der Waals surface area (Å²) in [5, 5.41) is 12.3. The van der Waals surface area contributed by atoms with Crippen LogP contribution in [-0.4, -0.2) is 48.2 Å². The van der Waals surface area contributed by atoms with Gasteiger partial charge in [-0.2, -0.15) is 0 Å². The maximum Gasteiger partial charge on any atom is 0.320 e. The topological polar surface area (TPSA) is 52.6 Å². The van der Waals surface area contributed by atoms with Crippen molar-refractivity contribution in [3.05, 3.63) is 0 Å². The maximum atomic E-state index is 11.1. The summed E-state index contributed by atoms with van der Waals surface area (Å²) in [6, 6.07) is 0.451. The SMILES string of the molecule is CN(CCCNC(C(=O)O)C1CC1)C1CCCCC1. The van der Waals surface area contributed by atoms with Crippen molar-refractivity contribution < 1.29 is 9.90 Å². The zero-order valence-electron chi connectivity index (χ0n) is 12.1. The molecular weight excluding hydrogens is 240 g/mol. The van der Waals surface area contributed by atoms with Crippen molar-refractivity contribution >= 4 is 5.97 Å². The first kappa shape index (κ1) is 14.8. The van der Waals surface area contributed by atoms with Gasteiger partial charge in [-0.1, -0.05) is 19.3 Å². The van der Waals surface area contributed by atoms with Crippen molar-refractivity contribution in [3.63, 3.8) is 0 Å². The average molecular weight is 268 g/mol. The van der Waals surface area contributed by atoms with Crippen LogP contribution in [-0.2, 0) is 4.79 Å². The van der Waals surface area contributed by atoms with E-state index in [-0.39, 0.29) is 6.04 Å². The largest absolute Gasteiger partial charge is 0.480 e. The maximum absolute atomic E-state index is 11.1. The molecule has 0 aliphatic heterocycles. The number of nitrogens with one attached hydrogen (secondary N) is 1. The van der Waals surface area contributed by atoms with E-state index in [1.807, 2.05) is 0 Å². The summed E-state index contributed by atoms with van der Waals surface area (Å²) in [5.74, 6) is -0.295. The number of hydrogen-bond donors (Lipinski definition) is 2. The Morgan fingerprint density at radius 2 is 1.95 bits per heavy atom. The predicted octanol–water partition coefficient (Wildman–Crippen LogP) is 2.09. The molecule has 2 N–H and O–H groups in total. The Bertz CT molecular complexity index is 286. The lowest BCUT2D eigenvalue weighted by molar-refractivity contribution is -0.140. The minimum absolute atomic E-state index is 0.306. The van der Waals surface area contributed by atoms with Gasteiger partial charge in [0.1, 0.15) is 6.04 Å². The summed E-state index contributed by atoms with van der Waals surface area (Å²) in [4.78, 5) is 13.5.